The van der Waals surface area contributed by atoms with Gasteiger partial charge in [-0.05, 0) is 50.2 Å². The quantitative estimate of drug-likeness (QED) is 0.562. The molecular weight excluding hydrogens is 338 g/mol. The number of fused-ring (bicyclic) bond motifs is 1. The first kappa shape index (κ1) is 16.9. The van der Waals surface area contributed by atoms with Crippen LogP contribution in [0.2, 0.25) is 0 Å². The summed E-state index contributed by atoms with van der Waals surface area (Å²) in [5.74, 6) is 2.08. The lowest BCUT2D eigenvalue weighted by atomic mass is 10.2. The fourth-order valence-electron chi connectivity index (χ4n) is 2.74. The van der Waals surface area contributed by atoms with E-state index >= 15 is 0 Å². The molecule has 0 radical (unpaired) electrons. The van der Waals surface area contributed by atoms with E-state index in [2.05, 4.69) is 20.3 Å². The number of nitrogens with zero attached hydrogens (tertiary/aromatic N) is 4. The number of hydrogen-bond acceptors (Lipinski definition) is 6. The minimum absolute atomic E-state index is 0.100. The SMILES string of the molecule is CC(C)Oc1cccc(-c2nc(Nc3ccncc3)c3cccnc3n2)c1. The van der Waals surface area contributed by atoms with E-state index in [9.17, 15) is 0 Å². The van der Waals surface area contributed by atoms with Crippen LogP contribution in [0.4, 0.5) is 11.5 Å². The predicted molar refractivity (Wildman–Crippen MR) is 106 cm³/mol. The maximum absolute atomic E-state index is 5.80. The molecule has 0 unspecified atom stereocenters. The second-order valence-electron chi connectivity index (χ2n) is 6.33. The molecule has 0 fully saturated rings. The van der Waals surface area contributed by atoms with Gasteiger partial charge in [0.25, 0.3) is 0 Å². The summed E-state index contributed by atoms with van der Waals surface area (Å²) >= 11 is 0. The van der Waals surface area contributed by atoms with Crippen molar-refractivity contribution in [1.82, 2.24) is 19.9 Å². The van der Waals surface area contributed by atoms with Crippen LogP contribution in [0.5, 0.6) is 5.75 Å². The van der Waals surface area contributed by atoms with Gasteiger partial charge >= 0.3 is 0 Å². The van der Waals surface area contributed by atoms with Crippen LogP contribution in [0.15, 0.2) is 67.1 Å². The first-order valence-corrected chi connectivity index (χ1v) is 8.76. The number of hydrogen-bond donors (Lipinski definition) is 1. The Labute approximate surface area is 157 Å². The van der Waals surface area contributed by atoms with Gasteiger partial charge in [-0.25, -0.2) is 15.0 Å². The molecule has 0 spiro atoms. The maximum atomic E-state index is 5.80. The lowest BCUT2D eigenvalue weighted by Gasteiger charge is -2.12. The Morgan fingerprint density at radius 1 is 0.926 bits per heavy atom. The molecule has 3 aromatic heterocycles. The zero-order valence-electron chi connectivity index (χ0n) is 15.1. The molecule has 0 amide bonds. The van der Waals surface area contributed by atoms with Crippen molar-refractivity contribution in [3.05, 3.63) is 67.1 Å². The number of rotatable bonds is 5. The van der Waals surface area contributed by atoms with E-state index in [1.165, 1.54) is 0 Å². The molecule has 0 atom stereocenters. The number of pyridine rings is 2. The highest BCUT2D eigenvalue weighted by atomic mass is 16.5. The lowest BCUT2D eigenvalue weighted by molar-refractivity contribution is 0.242. The third kappa shape index (κ3) is 3.84. The third-order valence-corrected chi connectivity index (χ3v) is 3.88. The Bertz CT molecular complexity index is 1070. The van der Waals surface area contributed by atoms with Crippen LogP contribution in [0.25, 0.3) is 22.4 Å². The van der Waals surface area contributed by atoms with Crippen LogP contribution in [-0.4, -0.2) is 26.0 Å². The molecule has 1 N–H and O–H groups in total. The monoisotopic (exact) mass is 357 g/mol. The lowest BCUT2D eigenvalue weighted by Crippen LogP contribution is -2.05. The molecule has 27 heavy (non-hydrogen) atoms. The molecular formula is C21H19N5O. The van der Waals surface area contributed by atoms with Gasteiger partial charge in [0, 0.05) is 29.8 Å². The van der Waals surface area contributed by atoms with Crippen LogP contribution in [-0.2, 0) is 0 Å². The summed E-state index contributed by atoms with van der Waals surface area (Å²) in [5.41, 5.74) is 2.41. The summed E-state index contributed by atoms with van der Waals surface area (Å²) in [7, 11) is 0. The highest BCUT2D eigenvalue weighted by molar-refractivity contribution is 5.89. The number of benzene rings is 1. The van der Waals surface area contributed by atoms with Gasteiger partial charge in [0.2, 0.25) is 0 Å². The van der Waals surface area contributed by atoms with Crippen molar-refractivity contribution in [3.8, 4) is 17.1 Å². The molecule has 6 nitrogen and oxygen atoms in total. The number of ether oxygens (including phenoxy) is 1. The first-order valence-electron chi connectivity index (χ1n) is 8.76. The highest BCUT2D eigenvalue weighted by Crippen LogP contribution is 2.28. The summed E-state index contributed by atoms with van der Waals surface area (Å²) in [6.45, 7) is 4.00. The molecule has 0 bridgehead atoms. The molecule has 4 aromatic rings. The molecule has 6 heteroatoms. The molecule has 0 aliphatic carbocycles. The van der Waals surface area contributed by atoms with Crippen LogP contribution in [0.1, 0.15) is 13.8 Å². The zero-order chi connectivity index (χ0) is 18.6. The average molecular weight is 357 g/mol. The first-order chi connectivity index (χ1) is 13.2. The number of anilines is 2. The van der Waals surface area contributed by atoms with Crippen molar-refractivity contribution in [2.75, 3.05) is 5.32 Å². The van der Waals surface area contributed by atoms with Crippen molar-refractivity contribution in [3.63, 3.8) is 0 Å². The Hall–Kier alpha value is -3.54. The summed E-state index contributed by atoms with van der Waals surface area (Å²) in [5, 5.41) is 4.20. The van der Waals surface area contributed by atoms with E-state index in [0.29, 0.717) is 17.3 Å². The van der Waals surface area contributed by atoms with E-state index in [0.717, 1.165) is 22.4 Å². The van der Waals surface area contributed by atoms with Gasteiger partial charge in [0.15, 0.2) is 11.5 Å². The standard InChI is InChI=1S/C21H19N5O/c1-14(2)27-17-6-3-5-15(13-17)19-25-20-18(7-4-10-23-20)21(26-19)24-16-8-11-22-12-9-16/h3-14H,1-2H3,(H,22,23,24,25,26). The van der Waals surface area contributed by atoms with Crippen molar-refractivity contribution in [2.45, 2.75) is 20.0 Å². The minimum Gasteiger partial charge on any atom is -0.491 e. The Kier molecular flexibility index (Phi) is 4.61. The molecule has 0 saturated carbocycles. The fourth-order valence-corrected chi connectivity index (χ4v) is 2.74. The van der Waals surface area contributed by atoms with Crippen LogP contribution < -0.4 is 10.1 Å². The third-order valence-electron chi connectivity index (χ3n) is 3.88. The maximum Gasteiger partial charge on any atom is 0.165 e. The summed E-state index contributed by atoms with van der Waals surface area (Å²) in [6.07, 6.45) is 5.30. The largest absolute Gasteiger partial charge is 0.491 e. The molecule has 3 heterocycles. The van der Waals surface area contributed by atoms with E-state index in [4.69, 9.17) is 9.72 Å². The van der Waals surface area contributed by atoms with Gasteiger partial charge < -0.3 is 10.1 Å². The molecule has 134 valence electrons. The fraction of sp³-hybridized carbons (Fsp3) is 0.143. The number of aromatic nitrogens is 4. The molecule has 1 aromatic carbocycles. The van der Waals surface area contributed by atoms with Crippen LogP contribution in [0.3, 0.4) is 0 Å². The van der Waals surface area contributed by atoms with E-state index < -0.39 is 0 Å². The summed E-state index contributed by atoms with van der Waals surface area (Å²) < 4.78 is 5.80. The van der Waals surface area contributed by atoms with Crippen LogP contribution in [0, 0.1) is 0 Å². The topological polar surface area (TPSA) is 72.8 Å². The van der Waals surface area contributed by atoms with Crippen molar-refractivity contribution in [2.24, 2.45) is 0 Å². The normalized spacial score (nSPS) is 10.9. The van der Waals surface area contributed by atoms with Crippen LogP contribution >= 0.6 is 0 Å². The molecule has 0 saturated heterocycles. The molecule has 0 aliphatic heterocycles. The summed E-state index contributed by atoms with van der Waals surface area (Å²) in [6, 6.07) is 15.4. The second kappa shape index (κ2) is 7.37. The van der Waals surface area contributed by atoms with Gasteiger partial charge in [-0.2, -0.15) is 0 Å². The highest BCUT2D eigenvalue weighted by Gasteiger charge is 2.11. The van der Waals surface area contributed by atoms with Gasteiger partial charge in [0.05, 0.1) is 11.5 Å². The van der Waals surface area contributed by atoms with Gasteiger partial charge in [-0.3, -0.25) is 4.98 Å². The van der Waals surface area contributed by atoms with Gasteiger partial charge in [-0.1, -0.05) is 12.1 Å². The minimum atomic E-state index is 0.100. The Balaban J connectivity index is 1.80. The van der Waals surface area contributed by atoms with Gasteiger partial charge in [0.1, 0.15) is 11.6 Å². The van der Waals surface area contributed by atoms with Gasteiger partial charge in [-0.15, -0.1) is 0 Å². The molecule has 0 aliphatic rings. The summed E-state index contributed by atoms with van der Waals surface area (Å²) in [4.78, 5) is 17.8. The Morgan fingerprint density at radius 2 is 1.78 bits per heavy atom. The van der Waals surface area contributed by atoms with E-state index in [-0.39, 0.29) is 6.10 Å². The predicted octanol–water partition coefficient (Wildman–Crippen LogP) is 4.62. The average Bonchev–Trinajstić information content (AvgIpc) is 2.68. The van der Waals surface area contributed by atoms with Crippen molar-refractivity contribution in [1.29, 1.82) is 0 Å². The van der Waals surface area contributed by atoms with Crippen molar-refractivity contribution >= 4 is 22.5 Å². The second-order valence-corrected chi connectivity index (χ2v) is 6.33. The smallest absolute Gasteiger partial charge is 0.165 e. The van der Waals surface area contributed by atoms with E-state index in [1.807, 2.05) is 62.4 Å². The molecule has 4 rings (SSSR count). The Morgan fingerprint density at radius 3 is 2.59 bits per heavy atom. The van der Waals surface area contributed by atoms with E-state index in [1.54, 1.807) is 18.6 Å². The van der Waals surface area contributed by atoms with Crippen molar-refractivity contribution < 1.29 is 4.74 Å². The zero-order valence-corrected chi connectivity index (χ0v) is 15.1. The number of nitrogens with one attached hydrogen (secondary N) is 1.